The molecule has 0 saturated carbocycles. The Bertz CT molecular complexity index is 1090. The molecule has 0 saturated heterocycles. The molecule has 1 N–H and O–H groups in total. The third kappa shape index (κ3) is 2.97. The molecule has 0 radical (unpaired) electrons. The molecule has 0 aliphatic heterocycles. The summed E-state index contributed by atoms with van der Waals surface area (Å²) in [6.45, 7) is 1.81. The third-order valence-corrected chi connectivity index (χ3v) is 4.58. The van der Waals surface area contributed by atoms with Crippen molar-refractivity contribution in [3.63, 3.8) is 0 Å². The van der Waals surface area contributed by atoms with Gasteiger partial charge in [-0.2, -0.15) is 5.10 Å². The molecule has 2 aromatic carbocycles. The number of carbonyl (C=O) groups excluding carboxylic acids is 1. The van der Waals surface area contributed by atoms with Crippen molar-refractivity contribution < 1.29 is 4.79 Å². The molecule has 0 aliphatic carbocycles. The minimum absolute atomic E-state index is 0.242. The molecular formula is C19H14BrN5O. The molecule has 0 fully saturated rings. The number of para-hydroxylation sites is 1. The molecular weight excluding hydrogens is 394 g/mol. The van der Waals surface area contributed by atoms with Gasteiger partial charge in [-0.1, -0.05) is 46.3 Å². The van der Waals surface area contributed by atoms with E-state index in [1.807, 2.05) is 54.6 Å². The Morgan fingerprint density at radius 2 is 1.77 bits per heavy atom. The predicted molar refractivity (Wildman–Crippen MR) is 103 cm³/mol. The Balaban J connectivity index is 1.72. The van der Waals surface area contributed by atoms with Gasteiger partial charge >= 0.3 is 0 Å². The maximum atomic E-state index is 12.5. The van der Waals surface area contributed by atoms with E-state index in [1.165, 1.54) is 0 Å². The van der Waals surface area contributed by atoms with E-state index in [1.54, 1.807) is 17.6 Å². The molecule has 2 aromatic heterocycles. The Morgan fingerprint density at radius 1 is 1.04 bits per heavy atom. The summed E-state index contributed by atoms with van der Waals surface area (Å²) in [5, 5.41) is 15.6. The van der Waals surface area contributed by atoms with Gasteiger partial charge in [-0.3, -0.25) is 4.79 Å². The van der Waals surface area contributed by atoms with Crippen LogP contribution in [0.3, 0.4) is 0 Å². The number of aromatic nitrogens is 4. The van der Waals surface area contributed by atoms with Gasteiger partial charge in [0.05, 0.1) is 11.9 Å². The van der Waals surface area contributed by atoms with Crippen LogP contribution in [-0.2, 0) is 0 Å². The normalized spacial score (nSPS) is 10.8. The van der Waals surface area contributed by atoms with Crippen LogP contribution in [-0.4, -0.2) is 25.7 Å². The second kappa shape index (κ2) is 6.68. The summed E-state index contributed by atoms with van der Waals surface area (Å²) >= 11 is 3.43. The number of halogens is 1. The van der Waals surface area contributed by atoms with Crippen molar-refractivity contribution in [2.75, 3.05) is 5.32 Å². The molecule has 2 heterocycles. The van der Waals surface area contributed by atoms with Gasteiger partial charge < -0.3 is 5.32 Å². The fourth-order valence-electron chi connectivity index (χ4n) is 2.71. The molecule has 6 nitrogen and oxygen atoms in total. The van der Waals surface area contributed by atoms with Crippen LogP contribution >= 0.6 is 15.9 Å². The Labute approximate surface area is 158 Å². The van der Waals surface area contributed by atoms with Gasteiger partial charge in [-0.05, 0) is 36.8 Å². The zero-order valence-corrected chi connectivity index (χ0v) is 15.4. The summed E-state index contributed by atoms with van der Waals surface area (Å²) in [4.78, 5) is 12.5. The van der Waals surface area contributed by atoms with Crippen LogP contribution in [0.4, 0.5) is 5.69 Å². The first kappa shape index (κ1) is 16.4. The van der Waals surface area contributed by atoms with E-state index in [0.29, 0.717) is 17.0 Å². The molecule has 26 heavy (non-hydrogen) atoms. The lowest BCUT2D eigenvalue weighted by molar-refractivity contribution is 0.102. The second-order valence-corrected chi connectivity index (χ2v) is 6.67. The largest absolute Gasteiger partial charge is 0.321 e. The molecule has 0 aliphatic rings. The zero-order chi connectivity index (χ0) is 18.1. The number of hydrogen-bond donors (Lipinski definition) is 1. The highest BCUT2D eigenvalue weighted by Gasteiger charge is 2.18. The fraction of sp³-hybridized carbons (Fsp3) is 0.0526. The number of rotatable bonds is 3. The summed E-state index contributed by atoms with van der Waals surface area (Å²) in [6.07, 6.45) is 1.74. The maximum absolute atomic E-state index is 12.5. The number of hydrogen-bond acceptors (Lipinski definition) is 4. The smallest absolute Gasteiger partial charge is 0.278 e. The number of fused-ring (bicyclic) bond motifs is 1. The Hall–Kier alpha value is -3.06. The van der Waals surface area contributed by atoms with E-state index in [4.69, 9.17) is 0 Å². The van der Waals surface area contributed by atoms with Crippen molar-refractivity contribution in [2.24, 2.45) is 0 Å². The van der Waals surface area contributed by atoms with Gasteiger partial charge in [0.25, 0.3) is 5.91 Å². The Kier molecular flexibility index (Phi) is 4.22. The van der Waals surface area contributed by atoms with Crippen molar-refractivity contribution in [2.45, 2.75) is 6.92 Å². The number of nitrogens with one attached hydrogen (secondary N) is 1. The third-order valence-electron chi connectivity index (χ3n) is 4.05. The molecule has 7 heteroatoms. The van der Waals surface area contributed by atoms with Gasteiger partial charge in [0.15, 0.2) is 11.3 Å². The lowest BCUT2D eigenvalue weighted by Crippen LogP contribution is -2.18. The second-order valence-electron chi connectivity index (χ2n) is 5.75. The molecule has 0 unspecified atom stereocenters. The number of nitrogens with zero attached hydrogens (tertiary/aromatic N) is 4. The average Bonchev–Trinajstić information content (AvgIpc) is 3.08. The number of aryl methyl sites for hydroxylation is 1. The molecule has 4 aromatic rings. The fourth-order valence-corrected chi connectivity index (χ4v) is 2.97. The van der Waals surface area contributed by atoms with E-state index in [0.717, 1.165) is 15.6 Å². The summed E-state index contributed by atoms with van der Waals surface area (Å²) in [5.74, 6) is -0.316. The topological polar surface area (TPSA) is 72.2 Å². The summed E-state index contributed by atoms with van der Waals surface area (Å²) in [5.41, 5.74) is 4.04. The lowest BCUT2D eigenvalue weighted by Gasteiger charge is -2.07. The summed E-state index contributed by atoms with van der Waals surface area (Å²) in [7, 11) is 0. The first-order chi connectivity index (χ1) is 12.6. The van der Waals surface area contributed by atoms with E-state index in [9.17, 15) is 4.79 Å². The monoisotopic (exact) mass is 407 g/mol. The quantitative estimate of drug-likeness (QED) is 0.554. The van der Waals surface area contributed by atoms with E-state index < -0.39 is 0 Å². The van der Waals surface area contributed by atoms with Crippen LogP contribution in [0.1, 0.15) is 16.2 Å². The van der Waals surface area contributed by atoms with Crippen molar-refractivity contribution in [3.05, 3.63) is 76.7 Å². The van der Waals surface area contributed by atoms with Crippen molar-refractivity contribution in [1.29, 1.82) is 0 Å². The molecule has 0 atom stereocenters. The summed E-state index contributed by atoms with van der Waals surface area (Å²) < 4.78 is 2.64. The van der Waals surface area contributed by atoms with Crippen LogP contribution in [0.15, 0.2) is 65.3 Å². The van der Waals surface area contributed by atoms with Crippen LogP contribution in [0.5, 0.6) is 0 Å². The van der Waals surface area contributed by atoms with Crippen LogP contribution in [0, 0.1) is 6.92 Å². The zero-order valence-electron chi connectivity index (χ0n) is 13.8. The maximum Gasteiger partial charge on any atom is 0.278 e. The van der Waals surface area contributed by atoms with Gasteiger partial charge in [0.2, 0.25) is 0 Å². The highest BCUT2D eigenvalue weighted by atomic mass is 79.9. The summed E-state index contributed by atoms with van der Waals surface area (Å²) in [6, 6.07) is 17.1. The van der Waals surface area contributed by atoms with E-state index in [-0.39, 0.29) is 11.6 Å². The lowest BCUT2D eigenvalue weighted by atomic mass is 10.1. The predicted octanol–water partition coefficient (Wildman–Crippen LogP) is 4.11. The molecule has 4 rings (SSSR count). The number of amides is 1. The SMILES string of the molecule is Cc1c(C(=O)Nc2ccccc2)nnc2c(-c3ccc(Br)cc3)cnn12. The number of anilines is 1. The molecule has 128 valence electrons. The first-order valence-electron chi connectivity index (χ1n) is 7.97. The van der Waals surface area contributed by atoms with Gasteiger partial charge in [-0.25, -0.2) is 4.52 Å². The number of benzene rings is 2. The first-order valence-corrected chi connectivity index (χ1v) is 8.76. The number of carbonyl (C=O) groups is 1. The average molecular weight is 408 g/mol. The molecule has 0 spiro atoms. The Morgan fingerprint density at radius 3 is 2.50 bits per heavy atom. The molecule has 1 amide bonds. The van der Waals surface area contributed by atoms with Gasteiger partial charge in [0.1, 0.15) is 0 Å². The van der Waals surface area contributed by atoms with Crippen molar-refractivity contribution in [1.82, 2.24) is 19.8 Å². The van der Waals surface area contributed by atoms with Crippen molar-refractivity contribution in [3.8, 4) is 11.1 Å². The molecule has 0 bridgehead atoms. The van der Waals surface area contributed by atoms with E-state index in [2.05, 4.69) is 36.5 Å². The standard InChI is InChI=1S/C19H14BrN5O/c1-12-17(19(26)22-15-5-3-2-4-6-15)23-24-18-16(11-21-25(12)18)13-7-9-14(20)10-8-13/h2-11H,1H3,(H,22,26). The van der Waals surface area contributed by atoms with Gasteiger partial charge in [0, 0.05) is 15.7 Å². The van der Waals surface area contributed by atoms with Crippen LogP contribution in [0.25, 0.3) is 16.8 Å². The highest BCUT2D eigenvalue weighted by molar-refractivity contribution is 9.10. The minimum atomic E-state index is -0.316. The minimum Gasteiger partial charge on any atom is -0.321 e. The van der Waals surface area contributed by atoms with Gasteiger partial charge in [-0.15, -0.1) is 10.2 Å². The van der Waals surface area contributed by atoms with Crippen molar-refractivity contribution >= 4 is 33.2 Å². The van der Waals surface area contributed by atoms with Crippen LogP contribution in [0.2, 0.25) is 0 Å². The van der Waals surface area contributed by atoms with E-state index >= 15 is 0 Å². The van der Waals surface area contributed by atoms with Crippen LogP contribution < -0.4 is 5.32 Å². The highest BCUT2D eigenvalue weighted by Crippen LogP contribution is 2.25.